The van der Waals surface area contributed by atoms with E-state index in [0.29, 0.717) is 12.1 Å². The molecule has 0 saturated heterocycles. The van der Waals surface area contributed by atoms with Crippen molar-refractivity contribution < 1.29 is 14.3 Å². The number of carbonyl (C=O) groups excluding carboxylic acids is 2. The first-order valence-corrected chi connectivity index (χ1v) is 9.94. The molecule has 1 heterocycles. The summed E-state index contributed by atoms with van der Waals surface area (Å²) in [6.45, 7) is 0.553. The number of hydrogen-bond donors (Lipinski definition) is 1. The van der Waals surface area contributed by atoms with Crippen LogP contribution < -0.4 is 5.32 Å². The summed E-state index contributed by atoms with van der Waals surface area (Å²) in [6.07, 6.45) is 0.0592. The van der Waals surface area contributed by atoms with E-state index in [0.717, 1.165) is 22.2 Å². The maximum absolute atomic E-state index is 12.8. The SMILES string of the molecule is COC(=O)CC(NC(=O)c1ccc(Cn2nnc3ccccc32)cc1)c1ccccc1. The lowest BCUT2D eigenvalue weighted by atomic mass is 10.0. The van der Waals surface area contributed by atoms with Gasteiger partial charge in [0.05, 0.1) is 31.6 Å². The van der Waals surface area contributed by atoms with E-state index in [1.807, 2.05) is 71.4 Å². The minimum absolute atomic E-state index is 0.0592. The Bertz CT molecular complexity index is 1190. The summed E-state index contributed by atoms with van der Waals surface area (Å²) in [7, 11) is 1.34. The van der Waals surface area contributed by atoms with E-state index in [1.165, 1.54) is 7.11 Å². The van der Waals surface area contributed by atoms with Gasteiger partial charge >= 0.3 is 5.97 Å². The van der Waals surface area contributed by atoms with Gasteiger partial charge in [0.15, 0.2) is 0 Å². The highest BCUT2D eigenvalue weighted by molar-refractivity contribution is 5.94. The van der Waals surface area contributed by atoms with Crippen LogP contribution >= 0.6 is 0 Å². The molecule has 156 valence electrons. The Kier molecular flexibility index (Phi) is 6.03. The van der Waals surface area contributed by atoms with Crippen molar-refractivity contribution in [3.8, 4) is 0 Å². The molecule has 0 saturated carbocycles. The topological polar surface area (TPSA) is 86.1 Å². The average molecular weight is 414 g/mol. The molecule has 7 nitrogen and oxygen atoms in total. The van der Waals surface area contributed by atoms with Crippen molar-refractivity contribution in [2.24, 2.45) is 0 Å². The van der Waals surface area contributed by atoms with Gasteiger partial charge in [-0.25, -0.2) is 4.68 Å². The van der Waals surface area contributed by atoms with Crippen LogP contribution in [0.15, 0.2) is 78.9 Å². The fourth-order valence-electron chi connectivity index (χ4n) is 3.40. The highest BCUT2D eigenvalue weighted by Gasteiger charge is 2.19. The van der Waals surface area contributed by atoms with Crippen molar-refractivity contribution in [2.75, 3.05) is 7.11 Å². The number of amides is 1. The molecule has 3 aromatic carbocycles. The number of methoxy groups -OCH3 is 1. The number of benzene rings is 3. The zero-order valence-electron chi connectivity index (χ0n) is 17.1. The second-order valence-electron chi connectivity index (χ2n) is 7.15. The molecule has 0 fully saturated rings. The molecule has 31 heavy (non-hydrogen) atoms. The lowest BCUT2D eigenvalue weighted by Crippen LogP contribution is -2.30. The number of nitrogens with zero attached hydrogens (tertiary/aromatic N) is 3. The first kappa shape index (κ1) is 20.3. The quantitative estimate of drug-likeness (QED) is 0.468. The minimum Gasteiger partial charge on any atom is -0.469 e. The number of esters is 1. The summed E-state index contributed by atoms with van der Waals surface area (Å²) in [6, 6.07) is 24.0. The molecular formula is C24H22N4O3. The Morgan fingerprint density at radius 2 is 1.68 bits per heavy atom. The Balaban J connectivity index is 1.47. The van der Waals surface area contributed by atoms with E-state index >= 15 is 0 Å². The molecule has 4 aromatic rings. The van der Waals surface area contributed by atoms with Crippen molar-refractivity contribution in [1.29, 1.82) is 0 Å². The Labute approximate surface area is 179 Å². The highest BCUT2D eigenvalue weighted by Crippen LogP contribution is 2.19. The van der Waals surface area contributed by atoms with E-state index in [1.54, 1.807) is 12.1 Å². The molecule has 1 unspecified atom stereocenters. The monoisotopic (exact) mass is 414 g/mol. The Morgan fingerprint density at radius 1 is 0.968 bits per heavy atom. The molecule has 0 aliphatic carbocycles. The maximum atomic E-state index is 12.8. The van der Waals surface area contributed by atoms with Gasteiger partial charge in [0.2, 0.25) is 0 Å². The van der Waals surface area contributed by atoms with Crippen molar-refractivity contribution in [3.63, 3.8) is 0 Å². The number of nitrogens with one attached hydrogen (secondary N) is 1. The molecule has 1 aromatic heterocycles. The van der Waals surface area contributed by atoms with Crippen LogP contribution in [0, 0.1) is 0 Å². The zero-order chi connectivity index (χ0) is 21.6. The van der Waals surface area contributed by atoms with Gasteiger partial charge in [-0.3, -0.25) is 9.59 Å². The number of para-hydroxylation sites is 1. The van der Waals surface area contributed by atoms with Gasteiger partial charge in [-0.15, -0.1) is 5.10 Å². The largest absolute Gasteiger partial charge is 0.469 e. The second kappa shape index (κ2) is 9.21. The van der Waals surface area contributed by atoms with E-state index < -0.39 is 6.04 Å². The third-order valence-electron chi connectivity index (χ3n) is 5.07. The minimum atomic E-state index is -0.470. The van der Waals surface area contributed by atoms with Crippen LogP contribution in [0.2, 0.25) is 0 Å². The molecule has 0 bridgehead atoms. The van der Waals surface area contributed by atoms with Gasteiger partial charge in [0.1, 0.15) is 5.52 Å². The standard InChI is InChI=1S/C24H22N4O3/c1-31-23(29)15-21(18-7-3-2-4-8-18)25-24(30)19-13-11-17(12-14-19)16-28-22-10-6-5-9-20(22)26-27-28/h2-14,21H,15-16H2,1H3,(H,25,30). The van der Waals surface area contributed by atoms with Crippen LogP contribution in [-0.2, 0) is 16.1 Å². The van der Waals surface area contributed by atoms with E-state index in [9.17, 15) is 9.59 Å². The highest BCUT2D eigenvalue weighted by atomic mass is 16.5. The Morgan fingerprint density at radius 3 is 2.42 bits per heavy atom. The summed E-state index contributed by atoms with van der Waals surface area (Å²) in [4.78, 5) is 24.6. The Hall–Kier alpha value is -4.00. The predicted molar refractivity (Wildman–Crippen MR) is 116 cm³/mol. The number of ether oxygens (including phenoxy) is 1. The molecule has 4 rings (SSSR count). The summed E-state index contributed by atoms with van der Waals surface area (Å²) in [5.41, 5.74) is 4.16. The second-order valence-corrected chi connectivity index (χ2v) is 7.15. The van der Waals surface area contributed by atoms with Crippen LogP contribution in [0.25, 0.3) is 11.0 Å². The van der Waals surface area contributed by atoms with E-state index in [-0.39, 0.29) is 18.3 Å². The third kappa shape index (κ3) is 4.78. The zero-order valence-corrected chi connectivity index (χ0v) is 17.1. The van der Waals surface area contributed by atoms with Crippen LogP contribution in [0.3, 0.4) is 0 Å². The van der Waals surface area contributed by atoms with Gasteiger partial charge < -0.3 is 10.1 Å². The molecule has 0 spiro atoms. The van der Waals surface area contributed by atoms with Gasteiger partial charge in [-0.2, -0.15) is 0 Å². The summed E-state index contributed by atoms with van der Waals surface area (Å²) in [5.74, 6) is -0.639. The number of aromatic nitrogens is 3. The molecule has 1 atom stereocenters. The van der Waals surface area contributed by atoms with Gasteiger partial charge in [0, 0.05) is 5.56 Å². The molecule has 1 N–H and O–H groups in total. The van der Waals surface area contributed by atoms with Crippen molar-refractivity contribution in [2.45, 2.75) is 19.0 Å². The van der Waals surface area contributed by atoms with Gasteiger partial charge in [-0.05, 0) is 35.4 Å². The first-order chi connectivity index (χ1) is 15.1. The molecule has 7 heteroatoms. The summed E-state index contributed by atoms with van der Waals surface area (Å²) in [5, 5.41) is 11.3. The van der Waals surface area contributed by atoms with Crippen LogP contribution in [0.4, 0.5) is 0 Å². The molecule has 0 aliphatic rings. The van der Waals surface area contributed by atoms with E-state index in [4.69, 9.17) is 4.74 Å². The summed E-state index contributed by atoms with van der Waals surface area (Å²) < 4.78 is 6.61. The van der Waals surface area contributed by atoms with Crippen LogP contribution in [0.5, 0.6) is 0 Å². The molecule has 0 radical (unpaired) electrons. The number of fused-ring (bicyclic) bond motifs is 1. The van der Waals surface area contributed by atoms with E-state index in [2.05, 4.69) is 15.6 Å². The summed E-state index contributed by atoms with van der Waals surface area (Å²) >= 11 is 0. The number of rotatable bonds is 7. The average Bonchev–Trinajstić information content (AvgIpc) is 3.22. The third-order valence-corrected chi connectivity index (χ3v) is 5.07. The molecule has 0 aliphatic heterocycles. The molecular weight excluding hydrogens is 392 g/mol. The maximum Gasteiger partial charge on any atom is 0.307 e. The fraction of sp³-hybridized carbons (Fsp3) is 0.167. The predicted octanol–water partition coefficient (Wildman–Crippen LogP) is 3.51. The van der Waals surface area contributed by atoms with Crippen molar-refractivity contribution >= 4 is 22.9 Å². The van der Waals surface area contributed by atoms with Gasteiger partial charge in [-0.1, -0.05) is 59.8 Å². The van der Waals surface area contributed by atoms with Crippen molar-refractivity contribution in [3.05, 3.63) is 95.6 Å². The van der Waals surface area contributed by atoms with Crippen LogP contribution in [-0.4, -0.2) is 34.0 Å². The van der Waals surface area contributed by atoms with Crippen molar-refractivity contribution in [1.82, 2.24) is 20.3 Å². The molecule has 1 amide bonds. The fourth-order valence-corrected chi connectivity index (χ4v) is 3.40. The number of carbonyl (C=O) groups is 2. The number of hydrogen-bond acceptors (Lipinski definition) is 5. The normalized spacial score (nSPS) is 11.8. The van der Waals surface area contributed by atoms with Gasteiger partial charge in [0.25, 0.3) is 5.91 Å². The lowest BCUT2D eigenvalue weighted by Gasteiger charge is -2.18. The first-order valence-electron chi connectivity index (χ1n) is 9.94. The lowest BCUT2D eigenvalue weighted by molar-refractivity contribution is -0.141. The van der Waals surface area contributed by atoms with Crippen LogP contribution in [0.1, 0.15) is 33.9 Å². The smallest absolute Gasteiger partial charge is 0.307 e.